The molecule has 1 aromatic carbocycles. The minimum Gasteiger partial charge on any atom is -0.369 e. The van der Waals surface area contributed by atoms with E-state index in [-0.39, 0.29) is 4.47 Å². The summed E-state index contributed by atoms with van der Waals surface area (Å²) < 4.78 is 38.3. The van der Waals surface area contributed by atoms with Gasteiger partial charge in [0.1, 0.15) is 5.82 Å². The third-order valence-electron chi connectivity index (χ3n) is 2.19. The fraction of sp³-hybridized carbons (Fsp3) is 0.200. The van der Waals surface area contributed by atoms with Crippen LogP contribution in [0, 0.1) is 5.82 Å². The zero-order chi connectivity index (χ0) is 15.5. The van der Waals surface area contributed by atoms with Gasteiger partial charge in [-0.25, -0.2) is 12.8 Å². The zero-order valence-corrected chi connectivity index (χ0v) is 12.4. The number of carbonyl (C=O) groups is 2. The molecule has 0 aliphatic rings. The molecule has 2 amide bonds. The maximum Gasteiger partial charge on any atom is 0.244 e. The average molecular weight is 368 g/mol. The van der Waals surface area contributed by atoms with Crippen LogP contribution in [0.15, 0.2) is 27.6 Å². The van der Waals surface area contributed by atoms with Crippen molar-refractivity contribution in [1.82, 2.24) is 4.31 Å². The highest BCUT2D eigenvalue weighted by atomic mass is 79.9. The maximum absolute atomic E-state index is 13.4. The van der Waals surface area contributed by atoms with E-state index in [1.54, 1.807) is 0 Å². The summed E-state index contributed by atoms with van der Waals surface area (Å²) in [6.07, 6.45) is 0. The summed E-state index contributed by atoms with van der Waals surface area (Å²) in [5, 5.41) is 0. The van der Waals surface area contributed by atoms with Gasteiger partial charge in [-0.3, -0.25) is 9.59 Å². The SMILES string of the molecule is NC(=O)CN(CC(N)=O)S(=O)(=O)c1ccc(Br)c(F)c1. The van der Waals surface area contributed by atoms with E-state index in [1.165, 1.54) is 6.07 Å². The van der Waals surface area contributed by atoms with E-state index in [0.717, 1.165) is 12.1 Å². The van der Waals surface area contributed by atoms with Gasteiger partial charge in [0.15, 0.2) is 0 Å². The van der Waals surface area contributed by atoms with Gasteiger partial charge in [-0.2, -0.15) is 4.31 Å². The van der Waals surface area contributed by atoms with Crippen LogP contribution in [0.5, 0.6) is 0 Å². The van der Waals surface area contributed by atoms with Crippen LogP contribution in [0.3, 0.4) is 0 Å². The topological polar surface area (TPSA) is 124 Å². The number of hydrogen-bond donors (Lipinski definition) is 2. The van der Waals surface area contributed by atoms with Crippen LogP contribution in [-0.4, -0.2) is 37.6 Å². The fourth-order valence-corrected chi connectivity index (χ4v) is 2.99. The molecule has 110 valence electrons. The molecule has 0 aliphatic carbocycles. The molecule has 1 rings (SSSR count). The van der Waals surface area contributed by atoms with Crippen molar-refractivity contribution < 1.29 is 22.4 Å². The largest absolute Gasteiger partial charge is 0.369 e. The van der Waals surface area contributed by atoms with Gasteiger partial charge in [-0.1, -0.05) is 0 Å². The molecule has 0 aliphatic heterocycles. The molecule has 20 heavy (non-hydrogen) atoms. The number of sulfonamides is 1. The summed E-state index contributed by atoms with van der Waals surface area (Å²) in [6, 6.07) is 3.07. The van der Waals surface area contributed by atoms with Crippen LogP contribution in [0.2, 0.25) is 0 Å². The molecule has 0 heterocycles. The Morgan fingerprint density at radius 2 is 1.70 bits per heavy atom. The second kappa shape index (κ2) is 6.29. The quantitative estimate of drug-likeness (QED) is 0.706. The van der Waals surface area contributed by atoms with Crippen molar-refractivity contribution in [2.24, 2.45) is 11.5 Å². The van der Waals surface area contributed by atoms with Gasteiger partial charge >= 0.3 is 0 Å². The normalized spacial score (nSPS) is 11.6. The number of hydrogen-bond acceptors (Lipinski definition) is 4. The van der Waals surface area contributed by atoms with Gasteiger partial charge in [-0.15, -0.1) is 0 Å². The van der Waals surface area contributed by atoms with Gasteiger partial charge in [0.25, 0.3) is 0 Å². The van der Waals surface area contributed by atoms with Crippen molar-refractivity contribution in [3.05, 3.63) is 28.5 Å². The van der Waals surface area contributed by atoms with E-state index in [4.69, 9.17) is 11.5 Å². The molecule has 7 nitrogen and oxygen atoms in total. The number of halogens is 2. The molecule has 4 N–H and O–H groups in total. The van der Waals surface area contributed by atoms with Crippen LogP contribution < -0.4 is 11.5 Å². The summed E-state index contributed by atoms with van der Waals surface area (Å²) >= 11 is 2.88. The molecular weight excluding hydrogens is 357 g/mol. The van der Waals surface area contributed by atoms with Crippen molar-refractivity contribution in [1.29, 1.82) is 0 Å². The Morgan fingerprint density at radius 3 is 2.10 bits per heavy atom. The molecule has 1 aromatic rings. The minimum absolute atomic E-state index is 0.0767. The van der Waals surface area contributed by atoms with Crippen LogP contribution in [0.4, 0.5) is 4.39 Å². The van der Waals surface area contributed by atoms with E-state index in [2.05, 4.69) is 15.9 Å². The molecule has 0 radical (unpaired) electrons. The number of nitrogens with two attached hydrogens (primary N) is 2. The maximum atomic E-state index is 13.4. The summed E-state index contributed by atoms with van der Waals surface area (Å²) in [5.74, 6) is -2.73. The second-order valence-corrected chi connectivity index (χ2v) is 6.57. The molecule has 0 aromatic heterocycles. The van der Waals surface area contributed by atoms with Crippen LogP contribution in [0.25, 0.3) is 0 Å². The van der Waals surface area contributed by atoms with Gasteiger partial charge in [0.2, 0.25) is 21.8 Å². The van der Waals surface area contributed by atoms with Gasteiger partial charge in [0, 0.05) is 0 Å². The summed E-state index contributed by atoms with van der Waals surface area (Å²) in [4.78, 5) is 21.3. The molecule has 0 spiro atoms. The summed E-state index contributed by atoms with van der Waals surface area (Å²) in [7, 11) is -4.26. The first-order chi connectivity index (χ1) is 9.14. The van der Waals surface area contributed by atoms with Gasteiger partial charge in [-0.05, 0) is 34.1 Å². The van der Waals surface area contributed by atoms with Crippen LogP contribution in [-0.2, 0) is 19.6 Å². The second-order valence-electron chi connectivity index (χ2n) is 3.78. The molecule has 0 atom stereocenters. The number of primary amides is 2. The molecule has 10 heteroatoms. The third kappa shape index (κ3) is 3.99. The zero-order valence-electron chi connectivity index (χ0n) is 10.0. The Morgan fingerprint density at radius 1 is 1.20 bits per heavy atom. The number of carbonyl (C=O) groups excluding carboxylic acids is 2. The highest BCUT2D eigenvalue weighted by Crippen LogP contribution is 2.21. The summed E-state index contributed by atoms with van der Waals surface area (Å²) in [5.41, 5.74) is 9.84. The van der Waals surface area contributed by atoms with Crippen molar-refractivity contribution >= 4 is 37.8 Å². The van der Waals surface area contributed by atoms with Crippen LogP contribution >= 0.6 is 15.9 Å². The number of nitrogens with zero attached hydrogens (tertiary/aromatic N) is 1. The van der Waals surface area contributed by atoms with Crippen molar-refractivity contribution in [2.75, 3.05) is 13.1 Å². The van der Waals surface area contributed by atoms with Crippen molar-refractivity contribution in [3.63, 3.8) is 0 Å². The lowest BCUT2D eigenvalue weighted by molar-refractivity contribution is -0.120. The first kappa shape index (κ1) is 16.5. The van der Waals surface area contributed by atoms with Crippen molar-refractivity contribution in [2.45, 2.75) is 4.90 Å². The van der Waals surface area contributed by atoms with E-state index >= 15 is 0 Å². The molecule has 0 fully saturated rings. The summed E-state index contributed by atoms with van der Waals surface area (Å²) in [6.45, 7) is -1.47. The predicted molar refractivity (Wildman–Crippen MR) is 71.2 cm³/mol. The highest BCUT2D eigenvalue weighted by molar-refractivity contribution is 9.10. The minimum atomic E-state index is -4.26. The Hall–Kier alpha value is -1.52. The molecule has 0 bridgehead atoms. The number of amides is 2. The first-order valence-electron chi connectivity index (χ1n) is 5.16. The average Bonchev–Trinajstić information content (AvgIpc) is 2.30. The number of rotatable bonds is 6. The third-order valence-corrected chi connectivity index (χ3v) is 4.62. The standard InChI is InChI=1S/C10H11BrFN3O4S/c11-7-2-1-6(3-8(7)12)20(18,19)15(4-9(13)16)5-10(14)17/h1-3H,4-5H2,(H2,13,16)(H2,14,17). The first-order valence-corrected chi connectivity index (χ1v) is 7.39. The van der Waals surface area contributed by atoms with Gasteiger partial charge < -0.3 is 11.5 Å². The number of benzene rings is 1. The van der Waals surface area contributed by atoms with E-state index in [0.29, 0.717) is 4.31 Å². The lowest BCUT2D eigenvalue weighted by Gasteiger charge is -2.19. The van der Waals surface area contributed by atoms with Crippen molar-refractivity contribution in [3.8, 4) is 0 Å². The Bertz CT molecular complexity index is 634. The van der Waals surface area contributed by atoms with Crippen LogP contribution in [0.1, 0.15) is 0 Å². The van der Waals surface area contributed by atoms with Gasteiger partial charge in [0.05, 0.1) is 22.5 Å². The lowest BCUT2D eigenvalue weighted by Crippen LogP contribution is -2.43. The Labute approximate surface area is 122 Å². The van der Waals surface area contributed by atoms with E-state index < -0.39 is 45.6 Å². The lowest BCUT2D eigenvalue weighted by atomic mass is 10.3. The molecule has 0 saturated carbocycles. The Balaban J connectivity index is 3.24. The molecule has 0 unspecified atom stereocenters. The smallest absolute Gasteiger partial charge is 0.244 e. The van der Waals surface area contributed by atoms with E-state index in [1.807, 2.05) is 0 Å². The molecular formula is C10H11BrFN3O4S. The monoisotopic (exact) mass is 367 g/mol. The Kier molecular flexibility index (Phi) is 5.20. The predicted octanol–water partition coefficient (Wildman–Crippen LogP) is -0.450. The molecule has 0 saturated heterocycles. The fourth-order valence-electron chi connectivity index (χ4n) is 1.36. The van der Waals surface area contributed by atoms with E-state index in [9.17, 15) is 22.4 Å². The highest BCUT2D eigenvalue weighted by Gasteiger charge is 2.28.